The molecular formula is C16H25N3O. The van der Waals surface area contributed by atoms with E-state index in [1.807, 2.05) is 14.0 Å². The highest BCUT2D eigenvalue weighted by atomic mass is 16.1. The van der Waals surface area contributed by atoms with Crippen molar-refractivity contribution in [3.05, 3.63) is 29.8 Å². The molecule has 0 bridgehead atoms. The van der Waals surface area contributed by atoms with Gasteiger partial charge in [0.25, 0.3) is 0 Å². The lowest BCUT2D eigenvalue weighted by Crippen LogP contribution is -2.44. The summed E-state index contributed by atoms with van der Waals surface area (Å²) in [5, 5.41) is 6.09. The average Bonchev–Trinajstić information content (AvgIpc) is 2.88. The molecule has 1 amide bonds. The van der Waals surface area contributed by atoms with Crippen LogP contribution in [0.4, 0.5) is 5.69 Å². The molecule has 0 radical (unpaired) electrons. The van der Waals surface area contributed by atoms with E-state index in [-0.39, 0.29) is 11.8 Å². The molecule has 1 aromatic carbocycles. The van der Waals surface area contributed by atoms with Crippen molar-refractivity contribution < 1.29 is 4.79 Å². The standard InChI is InChI=1S/C16H25N3O/c1-12(10-17-3)16(20)18-11-13(2)19-9-8-14-6-4-5-7-15(14)19/h4-7,12-13,17H,8-11H2,1-3H3,(H,18,20). The molecule has 2 N–H and O–H groups in total. The van der Waals surface area contributed by atoms with Crippen LogP contribution in [0.15, 0.2) is 24.3 Å². The van der Waals surface area contributed by atoms with E-state index in [1.54, 1.807) is 0 Å². The lowest BCUT2D eigenvalue weighted by atomic mass is 10.1. The molecule has 0 saturated heterocycles. The minimum atomic E-state index is 0.0121. The molecule has 20 heavy (non-hydrogen) atoms. The summed E-state index contributed by atoms with van der Waals surface area (Å²) in [6.07, 6.45) is 1.10. The number of hydrogen-bond acceptors (Lipinski definition) is 3. The fraction of sp³-hybridized carbons (Fsp3) is 0.562. The van der Waals surface area contributed by atoms with Crippen molar-refractivity contribution in [1.82, 2.24) is 10.6 Å². The SMILES string of the molecule is CNCC(C)C(=O)NCC(C)N1CCc2ccccc21. The first kappa shape index (κ1) is 14.9. The minimum Gasteiger partial charge on any atom is -0.366 e. The van der Waals surface area contributed by atoms with Gasteiger partial charge in [-0.2, -0.15) is 0 Å². The van der Waals surface area contributed by atoms with Gasteiger partial charge in [-0.25, -0.2) is 0 Å². The van der Waals surface area contributed by atoms with Gasteiger partial charge in [-0.05, 0) is 32.0 Å². The summed E-state index contributed by atoms with van der Waals surface area (Å²) < 4.78 is 0. The van der Waals surface area contributed by atoms with Crippen LogP contribution in [0.2, 0.25) is 0 Å². The number of para-hydroxylation sites is 1. The third-order valence-electron chi connectivity index (χ3n) is 3.98. The molecule has 1 heterocycles. The van der Waals surface area contributed by atoms with Gasteiger partial charge in [0.05, 0.1) is 0 Å². The molecule has 2 atom stereocenters. The number of nitrogens with zero attached hydrogens (tertiary/aromatic N) is 1. The molecule has 110 valence electrons. The average molecular weight is 275 g/mol. The lowest BCUT2D eigenvalue weighted by Gasteiger charge is -2.28. The second-order valence-electron chi connectivity index (χ2n) is 5.63. The number of hydrogen-bond donors (Lipinski definition) is 2. The number of amides is 1. The highest BCUT2D eigenvalue weighted by Gasteiger charge is 2.23. The van der Waals surface area contributed by atoms with E-state index in [0.717, 1.165) is 13.0 Å². The number of fused-ring (bicyclic) bond motifs is 1. The molecule has 0 aliphatic carbocycles. The van der Waals surface area contributed by atoms with Gasteiger partial charge in [-0.1, -0.05) is 25.1 Å². The summed E-state index contributed by atoms with van der Waals surface area (Å²) in [6, 6.07) is 8.86. The van der Waals surface area contributed by atoms with Crippen LogP contribution < -0.4 is 15.5 Å². The number of nitrogens with one attached hydrogen (secondary N) is 2. The van der Waals surface area contributed by atoms with Gasteiger partial charge in [-0.3, -0.25) is 4.79 Å². The van der Waals surface area contributed by atoms with Crippen LogP contribution in [-0.2, 0) is 11.2 Å². The molecule has 0 fully saturated rings. The molecule has 4 nitrogen and oxygen atoms in total. The van der Waals surface area contributed by atoms with E-state index in [2.05, 4.69) is 46.7 Å². The molecular weight excluding hydrogens is 250 g/mol. The van der Waals surface area contributed by atoms with E-state index in [0.29, 0.717) is 19.1 Å². The zero-order valence-corrected chi connectivity index (χ0v) is 12.6. The van der Waals surface area contributed by atoms with Crippen molar-refractivity contribution in [2.24, 2.45) is 5.92 Å². The normalized spacial score (nSPS) is 16.6. The lowest BCUT2D eigenvalue weighted by molar-refractivity contribution is -0.124. The van der Waals surface area contributed by atoms with Gasteiger partial charge < -0.3 is 15.5 Å². The van der Waals surface area contributed by atoms with Crippen LogP contribution >= 0.6 is 0 Å². The van der Waals surface area contributed by atoms with Crippen LogP contribution in [0.25, 0.3) is 0 Å². The third kappa shape index (κ3) is 3.31. The Morgan fingerprint density at radius 3 is 2.80 bits per heavy atom. The van der Waals surface area contributed by atoms with Crippen molar-refractivity contribution in [3.8, 4) is 0 Å². The molecule has 2 unspecified atom stereocenters. The maximum absolute atomic E-state index is 11.9. The van der Waals surface area contributed by atoms with Crippen molar-refractivity contribution in [2.75, 3.05) is 31.6 Å². The van der Waals surface area contributed by atoms with Gasteiger partial charge in [0.2, 0.25) is 5.91 Å². The predicted octanol–water partition coefficient (Wildman–Crippen LogP) is 1.41. The van der Waals surface area contributed by atoms with Crippen molar-refractivity contribution >= 4 is 11.6 Å². The van der Waals surface area contributed by atoms with Gasteiger partial charge in [0, 0.05) is 37.3 Å². The number of benzene rings is 1. The smallest absolute Gasteiger partial charge is 0.224 e. The Morgan fingerprint density at radius 1 is 1.30 bits per heavy atom. The van der Waals surface area contributed by atoms with Crippen LogP contribution in [0.3, 0.4) is 0 Å². The summed E-state index contributed by atoms with van der Waals surface area (Å²) in [5.74, 6) is 0.136. The van der Waals surface area contributed by atoms with Crippen molar-refractivity contribution in [2.45, 2.75) is 26.3 Å². The maximum atomic E-state index is 11.9. The number of anilines is 1. The summed E-state index contributed by atoms with van der Waals surface area (Å²) in [7, 11) is 1.87. The first-order chi connectivity index (χ1) is 9.63. The van der Waals surface area contributed by atoms with Crippen LogP contribution in [0.5, 0.6) is 0 Å². The van der Waals surface area contributed by atoms with E-state index < -0.39 is 0 Å². The van der Waals surface area contributed by atoms with Crippen molar-refractivity contribution in [3.63, 3.8) is 0 Å². The van der Waals surface area contributed by atoms with E-state index in [1.165, 1.54) is 11.3 Å². The minimum absolute atomic E-state index is 0.0121. The largest absolute Gasteiger partial charge is 0.366 e. The fourth-order valence-electron chi connectivity index (χ4n) is 2.75. The Labute approximate surface area is 121 Å². The summed E-state index contributed by atoms with van der Waals surface area (Å²) in [6.45, 7) is 6.57. The summed E-state index contributed by atoms with van der Waals surface area (Å²) in [4.78, 5) is 14.3. The zero-order chi connectivity index (χ0) is 14.5. The Hall–Kier alpha value is -1.55. The highest BCUT2D eigenvalue weighted by Crippen LogP contribution is 2.28. The number of carbonyl (C=O) groups excluding carboxylic acids is 1. The van der Waals surface area contributed by atoms with Crippen molar-refractivity contribution in [1.29, 1.82) is 0 Å². The number of rotatable bonds is 6. The topological polar surface area (TPSA) is 44.4 Å². The van der Waals surface area contributed by atoms with E-state index in [9.17, 15) is 4.79 Å². The first-order valence-electron chi connectivity index (χ1n) is 7.40. The molecule has 0 spiro atoms. The molecule has 0 aromatic heterocycles. The zero-order valence-electron chi connectivity index (χ0n) is 12.6. The first-order valence-corrected chi connectivity index (χ1v) is 7.40. The van der Waals surface area contributed by atoms with Crippen LogP contribution in [-0.4, -0.2) is 38.6 Å². The maximum Gasteiger partial charge on any atom is 0.224 e. The number of carbonyl (C=O) groups is 1. The van der Waals surface area contributed by atoms with Gasteiger partial charge in [0.1, 0.15) is 0 Å². The van der Waals surface area contributed by atoms with E-state index >= 15 is 0 Å². The molecule has 4 heteroatoms. The van der Waals surface area contributed by atoms with Gasteiger partial charge >= 0.3 is 0 Å². The fourth-order valence-corrected chi connectivity index (χ4v) is 2.75. The molecule has 1 aromatic rings. The molecule has 1 aliphatic heterocycles. The Bertz CT molecular complexity index is 461. The molecule has 1 aliphatic rings. The van der Waals surface area contributed by atoms with E-state index in [4.69, 9.17) is 0 Å². The van der Waals surface area contributed by atoms with Crippen LogP contribution in [0.1, 0.15) is 19.4 Å². The Kier molecular flexibility index (Phi) is 5.01. The summed E-state index contributed by atoms with van der Waals surface area (Å²) in [5.41, 5.74) is 2.73. The Morgan fingerprint density at radius 2 is 2.05 bits per heavy atom. The third-order valence-corrected chi connectivity index (χ3v) is 3.98. The molecule has 2 rings (SSSR count). The van der Waals surface area contributed by atoms with Crippen LogP contribution in [0, 0.1) is 5.92 Å². The monoisotopic (exact) mass is 275 g/mol. The van der Waals surface area contributed by atoms with Gasteiger partial charge in [-0.15, -0.1) is 0 Å². The predicted molar refractivity (Wildman–Crippen MR) is 83.1 cm³/mol. The summed E-state index contributed by atoms with van der Waals surface area (Å²) >= 11 is 0. The Balaban J connectivity index is 1.87. The second kappa shape index (κ2) is 6.75. The quantitative estimate of drug-likeness (QED) is 0.825. The second-order valence-corrected chi connectivity index (χ2v) is 5.63. The van der Waals surface area contributed by atoms with Gasteiger partial charge in [0.15, 0.2) is 0 Å². The highest BCUT2D eigenvalue weighted by molar-refractivity contribution is 5.78. The molecule has 0 saturated carbocycles.